The highest BCUT2D eigenvalue weighted by Crippen LogP contribution is 2.38. The zero-order valence-corrected chi connectivity index (χ0v) is 25.2. The fraction of sp³-hybridized carbons (Fsp3) is 0.471. The van der Waals surface area contributed by atoms with E-state index in [4.69, 9.17) is 0 Å². The fourth-order valence-corrected chi connectivity index (χ4v) is 6.01. The number of anilines is 1. The van der Waals surface area contributed by atoms with Crippen LogP contribution in [-0.2, 0) is 16.6 Å². The number of nitrogens with one attached hydrogen (secondary N) is 3. The summed E-state index contributed by atoms with van der Waals surface area (Å²) in [5, 5.41) is 9.39. The standard InChI is InChI=1S/C34H45N5O2/c1-24(2)27-15-13-16-28(25(3)4)30(27)38-32(41)39-33(5,22-26-14-7-11-20-35-26)31(40)37-23-34(18-9-6-10-19-34)29-17-8-12-21-36-29/h7-8,11-17,20-21,24-25H,6,9-10,18-19,22-23H2,1-5H3,(H,37,40)(H2,38,39,41). The summed E-state index contributed by atoms with van der Waals surface area (Å²) < 4.78 is 0. The molecule has 2 heterocycles. The van der Waals surface area contributed by atoms with Crippen molar-refractivity contribution in [1.29, 1.82) is 0 Å². The summed E-state index contributed by atoms with van der Waals surface area (Å²) in [4.78, 5) is 36.8. The van der Waals surface area contributed by atoms with E-state index in [0.29, 0.717) is 6.54 Å². The van der Waals surface area contributed by atoms with E-state index >= 15 is 0 Å². The van der Waals surface area contributed by atoms with Crippen LogP contribution >= 0.6 is 0 Å². The average molecular weight is 556 g/mol. The van der Waals surface area contributed by atoms with Gasteiger partial charge in [-0.15, -0.1) is 0 Å². The lowest BCUT2D eigenvalue weighted by atomic mass is 9.71. The van der Waals surface area contributed by atoms with Crippen LogP contribution in [0.5, 0.6) is 0 Å². The van der Waals surface area contributed by atoms with E-state index in [0.717, 1.165) is 53.9 Å². The molecule has 41 heavy (non-hydrogen) atoms. The highest BCUT2D eigenvalue weighted by atomic mass is 16.2. The molecule has 0 saturated heterocycles. The maximum absolute atomic E-state index is 14.0. The molecule has 2 aromatic heterocycles. The molecule has 218 valence electrons. The summed E-state index contributed by atoms with van der Waals surface area (Å²) in [6.07, 6.45) is 9.13. The van der Waals surface area contributed by atoms with E-state index < -0.39 is 11.6 Å². The Balaban J connectivity index is 1.59. The zero-order chi connectivity index (χ0) is 29.5. The lowest BCUT2D eigenvalue weighted by molar-refractivity contribution is -0.127. The minimum Gasteiger partial charge on any atom is -0.353 e. The number of urea groups is 1. The first kappa shape index (κ1) is 30.2. The Labute approximate surface area is 245 Å². The van der Waals surface area contributed by atoms with Gasteiger partial charge in [0.15, 0.2) is 0 Å². The van der Waals surface area contributed by atoms with Crippen molar-refractivity contribution >= 4 is 17.6 Å². The third-order valence-electron chi connectivity index (χ3n) is 8.37. The second-order valence-corrected chi connectivity index (χ2v) is 12.3. The average Bonchev–Trinajstić information content (AvgIpc) is 2.97. The maximum Gasteiger partial charge on any atom is 0.320 e. The van der Waals surface area contributed by atoms with Gasteiger partial charge in [-0.1, -0.05) is 77.3 Å². The Morgan fingerprint density at radius 3 is 2.05 bits per heavy atom. The molecule has 3 N–H and O–H groups in total. The third-order valence-corrected chi connectivity index (χ3v) is 8.37. The summed E-state index contributed by atoms with van der Waals surface area (Å²) in [6, 6.07) is 17.3. The predicted octanol–water partition coefficient (Wildman–Crippen LogP) is 6.86. The maximum atomic E-state index is 14.0. The van der Waals surface area contributed by atoms with Gasteiger partial charge < -0.3 is 16.0 Å². The highest BCUT2D eigenvalue weighted by Gasteiger charge is 2.40. The molecule has 1 saturated carbocycles. The van der Waals surface area contributed by atoms with Crippen molar-refractivity contribution in [1.82, 2.24) is 20.6 Å². The number of para-hydroxylation sites is 1. The normalized spacial score (nSPS) is 16.2. The second-order valence-electron chi connectivity index (χ2n) is 12.3. The first-order valence-electron chi connectivity index (χ1n) is 15.0. The Kier molecular flexibility index (Phi) is 9.79. The highest BCUT2D eigenvalue weighted by molar-refractivity contribution is 5.97. The molecule has 0 bridgehead atoms. The van der Waals surface area contributed by atoms with E-state index in [9.17, 15) is 9.59 Å². The number of nitrogens with zero attached hydrogens (tertiary/aromatic N) is 2. The summed E-state index contributed by atoms with van der Waals surface area (Å²) in [5.74, 6) is 0.219. The van der Waals surface area contributed by atoms with Crippen LogP contribution < -0.4 is 16.0 Å². The molecule has 3 aromatic rings. The van der Waals surface area contributed by atoms with Crippen molar-refractivity contribution in [2.45, 2.75) is 95.9 Å². The Morgan fingerprint density at radius 1 is 0.854 bits per heavy atom. The van der Waals surface area contributed by atoms with Gasteiger partial charge in [-0.05, 0) is 67.0 Å². The molecular formula is C34H45N5O2. The minimum atomic E-state index is -1.23. The molecule has 1 aromatic carbocycles. The van der Waals surface area contributed by atoms with Crippen LogP contribution in [0.3, 0.4) is 0 Å². The molecule has 0 aliphatic heterocycles. The molecule has 0 spiro atoms. The van der Waals surface area contributed by atoms with Gasteiger partial charge in [0.25, 0.3) is 0 Å². The molecule has 7 heteroatoms. The van der Waals surface area contributed by atoms with Crippen molar-refractivity contribution in [3.05, 3.63) is 89.5 Å². The molecule has 4 rings (SSSR count). The predicted molar refractivity (Wildman–Crippen MR) is 165 cm³/mol. The van der Waals surface area contributed by atoms with Crippen molar-refractivity contribution in [3.63, 3.8) is 0 Å². The quantitative estimate of drug-likeness (QED) is 0.254. The van der Waals surface area contributed by atoms with E-state index in [1.54, 1.807) is 13.1 Å². The number of rotatable bonds is 10. The largest absolute Gasteiger partial charge is 0.353 e. The smallest absolute Gasteiger partial charge is 0.320 e. The van der Waals surface area contributed by atoms with E-state index in [1.807, 2.05) is 54.7 Å². The number of aromatic nitrogens is 2. The summed E-state index contributed by atoms with van der Waals surface area (Å²) >= 11 is 0. The van der Waals surface area contributed by atoms with Gasteiger partial charge >= 0.3 is 6.03 Å². The van der Waals surface area contributed by atoms with Gasteiger partial charge in [0.1, 0.15) is 5.54 Å². The third kappa shape index (κ3) is 7.32. The molecule has 7 nitrogen and oxygen atoms in total. The minimum absolute atomic E-state index is 0.217. The number of carbonyl (C=O) groups excluding carboxylic acids is 2. The first-order valence-corrected chi connectivity index (χ1v) is 15.0. The van der Waals surface area contributed by atoms with Gasteiger partial charge in [-0.2, -0.15) is 0 Å². The molecule has 1 atom stereocenters. The molecule has 1 aliphatic carbocycles. The van der Waals surface area contributed by atoms with Crippen LogP contribution in [0.4, 0.5) is 10.5 Å². The van der Waals surface area contributed by atoms with Gasteiger partial charge in [0.05, 0.1) is 0 Å². The fourth-order valence-electron chi connectivity index (χ4n) is 6.01. The Hall–Kier alpha value is -3.74. The van der Waals surface area contributed by atoms with Crippen molar-refractivity contribution in [2.75, 3.05) is 11.9 Å². The summed E-state index contributed by atoms with van der Waals surface area (Å²) in [5.41, 5.74) is 3.24. The molecule has 1 unspecified atom stereocenters. The summed E-state index contributed by atoms with van der Waals surface area (Å²) in [6.45, 7) is 10.7. The second kappa shape index (κ2) is 13.3. The van der Waals surface area contributed by atoms with Crippen LogP contribution in [0.2, 0.25) is 0 Å². The van der Waals surface area contributed by atoms with E-state index in [2.05, 4.69) is 59.7 Å². The topological polar surface area (TPSA) is 96.0 Å². The van der Waals surface area contributed by atoms with Crippen LogP contribution in [-0.4, -0.2) is 34.0 Å². The molecule has 1 fully saturated rings. The van der Waals surface area contributed by atoms with E-state index in [1.165, 1.54) is 6.42 Å². The van der Waals surface area contributed by atoms with Gasteiger partial charge in [0.2, 0.25) is 5.91 Å². The number of benzene rings is 1. The molecule has 1 aliphatic rings. The number of hydrogen-bond donors (Lipinski definition) is 3. The van der Waals surface area contributed by atoms with Crippen molar-refractivity contribution in [2.24, 2.45) is 0 Å². The SMILES string of the molecule is CC(C)c1cccc(C(C)C)c1NC(=O)NC(C)(Cc1ccccn1)C(=O)NCC1(c2ccccn2)CCCCC1. The number of carbonyl (C=O) groups is 2. The van der Waals surface area contributed by atoms with E-state index in [-0.39, 0.29) is 29.6 Å². The van der Waals surface area contributed by atoms with Crippen LogP contribution in [0, 0.1) is 0 Å². The van der Waals surface area contributed by atoms with Crippen molar-refractivity contribution < 1.29 is 9.59 Å². The Morgan fingerprint density at radius 2 is 1.49 bits per heavy atom. The van der Waals surface area contributed by atoms with Gasteiger partial charge in [-0.3, -0.25) is 14.8 Å². The zero-order valence-electron chi connectivity index (χ0n) is 25.2. The number of pyridine rings is 2. The number of amides is 3. The summed E-state index contributed by atoms with van der Waals surface area (Å²) in [7, 11) is 0. The monoisotopic (exact) mass is 555 g/mol. The lowest BCUT2D eigenvalue weighted by Gasteiger charge is -2.38. The molecule has 0 radical (unpaired) electrons. The molecule has 3 amide bonds. The van der Waals surface area contributed by atoms with Gasteiger partial charge in [-0.25, -0.2) is 4.79 Å². The number of hydrogen-bond acceptors (Lipinski definition) is 4. The van der Waals surface area contributed by atoms with Crippen LogP contribution in [0.25, 0.3) is 0 Å². The van der Waals surface area contributed by atoms with Gasteiger partial charge in [0, 0.05) is 47.8 Å². The lowest BCUT2D eigenvalue weighted by Crippen LogP contribution is -2.60. The van der Waals surface area contributed by atoms with Crippen LogP contribution in [0.15, 0.2) is 67.0 Å². The van der Waals surface area contributed by atoms with Crippen LogP contribution in [0.1, 0.15) is 101 Å². The Bertz CT molecular complexity index is 1280. The van der Waals surface area contributed by atoms with Crippen molar-refractivity contribution in [3.8, 4) is 0 Å². The first-order chi connectivity index (χ1) is 19.6. The molecular weight excluding hydrogens is 510 g/mol.